The molecule has 7 nitrogen and oxygen atoms in total. The SMILES string of the molecule is CCOc1ccccc1N(CC(=O)NCc1ccc(OC(C)C)cc1)S(=O)(=O)c1ccccc1. The number of carbonyl (C=O) groups is 1. The van der Waals surface area contributed by atoms with Gasteiger partial charge in [0.05, 0.1) is 23.3 Å². The zero-order chi connectivity index (χ0) is 24.6. The molecule has 0 radical (unpaired) electrons. The van der Waals surface area contributed by atoms with Crippen molar-refractivity contribution in [2.75, 3.05) is 17.5 Å². The molecule has 0 aliphatic rings. The van der Waals surface area contributed by atoms with E-state index in [1.165, 1.54) is 12.1 Å². The molecule has 0 bridgehead atoms. The molecule has 0 aliphatic carbocycles. The summed E-state index contributed by atoms with van der Waals surface area (Å²) in [6.07, 6.45) is 0.0719. The van der Waals surface area contributed by atoms with E-state index in [4.69, 9.17) is 9.47 Å². The number of anilines is 1. The molecule has 0 spiro atoms. The molecular formula is C26H30N2O5S. The second-order valence-corrected chi connectivity index (χ2v) is 9.68. The van der Waals surface area contributed by atoms with Crippen LogP contribution in [0.1, 0.15) is 26.3 Å². The van der Waals surface area contributed by atoms with Crippen LogP contribution in [-0.4, -0.2) is 33.6 Å². The van der Waals surface area contributed by atoms with Crippen LogP contribution in [0.3, 0.4) is 0 Å². The third-order valence-corrected chi connectivity index (χ3v) is 6.61. The van der Waals surface area contributed by atoms with Crippen molar-refractivity contribution >= 4 is 21.6 Å². The summed E-state index contributed by atoms with van der Waals surface area (Å²) in [7, 11) is -4.01. The number of nitrogens with one attached hydrogen (secondary N) is 1. The third kappa shape index (κ3) is 6.51. The minimum Gasteiger partial charge on any atom is -0.492 e. The number of benzene rings is 3. The Bertz CT molecular complexity index is 1180. The van der Waals surface area contributed by atoms with Gasteiger partial charge < -0.3 is 14.8 Å². The number of rotatable bonds is 11. The highest BCUT2D eigenvalue weighted by Crippen LogP contribution is 2.32. The first-order chi connectivity index (χ1) is 16.3. The lowest BCUT2D eigenvalue weighted by Crippen LogP contribution is -2.40. The van der Waals surface area contributed by atoms with Gasteiger partial charge in [-0.1, -0.05) is 42.5 Å². The van der Waals surface area contributed by atoms with E-state index in [0.29, 0.717) is 18.0 Å². The standard InChI is InChI=1S/C26H30N2O5S/c1-4-32-25-13-9-8-12-24(25)28(34(30,31)23-10-6-5-7-11-23)19-26(29)27-18-21-14-16-22(17-15-21)33-20(2)3/h5-17,20H,4,18-19H2,1-3H3,(H,27,29). The monoisotopic (exact) mass is 482 g/mol. The average Bonchev–Trinajstić information content (AvgIpc) is 2.83. The van der Waals surface area contributed by atoms with Gasteiger partial charge in [-0.2, -0.15) is 0 Å². The van der Waals surface area contributed by atoms with E-state index in [1.807, 2.05) is 45.0 Å². The Hall–Kier alpha value is -3.52. The van der Waals surface area contributed by atoms with Gasteiger partial charge in [-0.15, -0.1) is 0 Å². The highest BCUT2D eigenvalue weighted by atomic mass is 32.2. The summed E-state index contributed by atoms with van der Waals surface area (Å²) in [5.41, 5.74) is 1.18. The predicted octanol–water partition coefficient (Wildman–Crippen LogP) is 4.38. The fraction of sp³-hybridized carbons (Fsp3) is 0.269. The van der Waals surface area contributed by atoms with Crippen LogP contribution in [0.4, 0.5) is 5.69 Å². The largest absolute Gasteiger partial charge is 0.492 e. The van der Waals surface area contributed by atoms with E-state index >= 15 is 0 Å². The summed E-state index contributed by atoms with van der Waals surface area (Å²) in [6.45, 7) is 5.94. The van der Waals surface area contributed by atoms with Gasteiger partial charge in [0.2, 0.25) is 5.91 Å². The maximum atomic E-state index is 13.5. The summed E-state index contributed by atoms with van der Waals surface area (Å²) < 4.78 is 39.4. The molecule has 8 heteroatoms. The van der Waals surface area contributed by atoms with Gasteiger partial charge in [0, 0.05) is 6.54 Å². The van der Waals surface area contributed by atoms with E-state index in [0.717, 1.165) is 15.6 Å². The van der Waals surface area contributed by atoms with E-state index in [2.05, 4.69) is 5.32 Å². The molecule has 0 saturated carbocycles. The number of nitrogens with zero attached hydrogens (tertiary/aromatic N) is 1. The van der Waals surface area contributed by atoms with Crippen LogP contribution in [0.5, 0.6) is 11.5 Å². The maximum Gasteiger partial charge on any atom is 0.264 e. The minimum absolute atomic E-state index is 0.0719. The summed E-state index contributed by atoms with van der Waals surface area (Å²) in [5.74, 6) is 0.698. The van der Waals surface area contributed by atoms with Gasteiger partial charge in [-0.05, 0) is 62.7 Å². The molecule has 0 aliphatic heterocycles. The molecule has 3 aromatic rings. The van der Waals surface area contributed by atoms with Crippen LogP contribution in [0.15, 0.2) is 83.8 Å². The van der Waals surface area contributed by atoms with E-state index in [9.17, 15) is 13.2 Å². The van der Waals surface area contributed by atoms with Crippen molar-refractivity contribution in [2.24, 2.45) is 0 Å². The quantitative estimate of drug-likeness (QED) is 0.438. The molecule has 0 aromatic heterocycles. The second kappa shape index (κ2) is 11.6. The second-order valence-electron chi connectivity index (χ2n) is 7.81. The topological polar surface area (TPSA) is 84.9 Å². The molecular weight excluding hydrogens is 452 g/mol. The number of hydrogen-bond acceptors (Lipinski definition) is 5. The highest BCUT2D eigenvalue weighted by Gasteiger charge is 2.29. The summed E-state index contributed by atoms with van der Waals surface area (Å²) in [5, 5.41) is 2.81. The van der Waals surface area contributed by atoms with Crippen molar-refractivity contribution in [1.29, 1.82) is 0 Å². The van der Waals surface area contributed by atoms with Crippen LogP contribution in [0.25, 0.3) is 0 Å². The number of para-hydroxylation sites is 2. The zero-order valence-corrected chi connectivity index (χ0v) is 20.4. The van der Waals surface area contributed by atoms with Gasteiger partial charge in [0.15, 0.2) is 0 Å². The lowest BCUT2D eigenvalue weighted by molar-refractivity contribution is -0.119. The molecule has 3 rings (SSSR count). The van der Waals surface area contributed by atoms with Crippen molar-refractivity contribution in [1.82, 2.24) is 5.32 Å². The van der Waals surface area contributed by atoms with Crippen LogP contribution in [-0.2, 0) is 21.4 Å². The summed E-state index contributed by atoms with van der Waals surface area (Å²) in [6, 6.07) is 22.2. The number of hydrogen-bond donors (Lipinski definition) is 1. The summed E-state index contributed by atoms with van der Waals surface area (Å²) >= 11 is 0. The van der Waals surface area contributed by atoms with E-state index in [1.54, 1.807) is 42.5 Å². The molecule has 0 saturated heterocycles. The molecule has 1 amide bonds. The van der Waals surface area contributed by atoms with Crippen LogP contribution >= 0.6 is 0 Å². The van der Waals surface area contributed by atoms with Crippen molar-refractivity contribution in [3.63, 3.8) is 0 Å². The number of sulfonamides is 1. The van der Waals surface area contributed by atoms with Crippen LogP contribution < -0.4 is 19.1 Å². The zero-order valence-electron chi connectivity index (χ0n) is 19.6. The highest BCUT2D eigenvalue weighted by molar-refractivity contribution is 7.92. The van der Waals surface area contributed by atoms with Crippen LogP contribution in [0.2, 0.25) is 0 Å². The molecule has 0 fully saturated rings. The Balaban J connectivity index is 1.81. The smallest absolute Gasteiger partial charge is 0.264 e. The first-order valence-corrected chi connectivity index (χ1v) is 12.6. The van der Waals surface area contributed by atoms with E-state index < -0.39 is 22.5 Å². The number of carbonyl (C=O) groups excluding carboxylic acids is 1. The van der Waals surface area contributed by atoms with Gasteiger partial charge in [-0.25, -0.2) is 8.42 Å². The molecule has 0 atom stereocenters. The first-order valence-electron chi connectivity index (χ1n) is 11.1. The first kappa shape index (κ1) is 25.1. The van der Waals surface area contributed by atoms with E-state index in [-0.39, 0.29) is 17.5 Å². The fourth-order valence-corrected chi connectivity index (χ4v) is 4.76. The molecule has 1 N–H and O–H groups in total. The van der Waals surface area contributed by atoms with Gasteiger partial charge in [0.1, 0.15) is 18.0 Å². The minimum atomic E-state index is -4.01. The fourth-order valence-electron chi connectivity index (χ4n) is 3.31. The average molecular weight is 483 g/mol. The Morgan fingerprint density at radius 1 is 0.941 bits per heavy atom. The van der Waals surface area contributed by atoms with Crippen molar-refractivity contribution < 1.29 is 22.7 Å². The Kier molecular flexibility index (Phi) is 8.54. The third-order valence-electron chi connectivity index (χ3n) is 4.84. The molecule has 3 aromatic carbocycles. The predicted molar refractivity (Wildman–Crippen MR) is 133 cm³/mol. The number of ether oxygens (including phenoxy) is 2. The molecule has 180 valence electrons. The maximum absolute atomic E-state index is 13.5. The van der Waals surface area contributed by atoms with Gasteiger partial charge in [-0.3, -0.25) is 9.10 Å². The molecule has 34 heavy (non-hydrogen) atoms. The number of amides is 1. The van der Waals surface area contributed by atoms with Gasteiger partial charge in [0.25, 0.3) is 10.0 Å². The molecule has 0 unspecified atom stereocenters. The molecule has 0 heterocycles. The Labute approximate surface area is 201 Å². The van der Waals surface area contributed by atoms with Crippen molar-refractivity contribution in [3.05, 3.63) is 84.4 Å². The van der Waals surface area contributed by atoms with Crippen molar-refractivity contribution in [2.45, 2.75) is 38.3 Å². The summed E-state index contributed by atoms with van der Waals surface area (Å²) in [4.78, 5) is 13.0. The normalized spacial score (nSPS) is 11.2. The van der Waals surface area contributed by atoms with Crippen molar-refractivity contribution in [3.8, 4) is 11.5 Å². The Morgan fingerprint density at radius 3 is 2.24 bits per heavy atom. The Morgan fingerprint density at radius 2 is 1.59 bits per heavy atom. The lowest BCUT2D eigenvalue weighted by Gasteiger charge is -2.26. The van der Waals surface area contributed by atoms with Crippen LogP contribution in [0, 0.1) is 0 Å². The lowest BCUT2D eigenvalue weighted by atomic mass is 10.2. The van der Waals surface area contributed by atoms with Gasteiger partial charge >= 0.3 is 0 Å².